The molecule has 0 fully saturated rings. The Kier molecular flexibility index (Phi) is 6.07. The molecule has 0 radical (unpaired) electrons. The summed E-state index contributed by atoms with van der Waals surface area (Å²) in [6.07, 6.45) is -0.785. The van der Waals surface area contributed by atoms with E-state index in [9.17, 15) is 4.39 Å². The summed E-state index contributed by atoms with van der Waals surface area (Å²) >= 11 is 0. The van der Waals surface area contributed by atoms with Gasteiger partial charge in [-0.2, -0.15) is 14.4 Å². The maximum Gasteiger partial charge on any atom is 0.309 e. The lowest BCUT2D eigenvalue weighted by Crippen LogP contribution is -1.94. The zero-order chi connectivity index (χ0) is 34.3. The normalized spacial score (nSPS) is 11.9. The molecule has 4 aromatic heterocycles. The fourth-order valence-corrected chi connectivity index (χ4v) is 7.97. The highest BCUT2D eigenvalue weighted by Gasteiger charge is 2.20. The van der Waals surface area contributed by atoms with Gasteiger partial charge in [-0.05, 0) is 77.9 Å². The Hall–Kier alpha value is -7.05. The fraction of sp³-hybridized carbons (Fsp3) is 0. The minimum absolute atomic E-state index is 0.438. The fourth-order valence-electron chi connectivity index (χ4n) is 7.97. The summed E-state index contributed by atoms with van der Waals surface area (Å²) in [6.45, 7) is 0. The van der Waals surface area contributed by atoms with Gasteiger partial charge >= 0.3 is 6.08 Å². The predicted molar refractivity (Wildman–Crippen MR) is 209 cm³/mol. The van der Waals surface area contributed by atoms with E-state index >= 15 is 0 Å². The number of para-hydroxylation sites is 3. The van der Waals surface area contributed by atoms with E-state index in [0.29, 0.717) is 22.4 Å². The molecular weight excluding hydrogens is 644 g/mol. The summed E-state index contributed by atoms with van der Waals surface area (Å²) in [5.74, 6) is 0. The van der Waals surface area contributed by atoms with E-state index in [0.717, 1.165) is 55.3 Å². The Bertz CT molecular complexity index is 3190. The molecule has 0 spiro atoms. The van der Waals surface area contributed by atoms with Crippen LogP contribution in [0.2, 0.25) is 0 Å². The Labute approximate surface area is 296 Å². The number of halogens is 1. The van der Waals surface area contributed by atoms with Gasteiger partial charge in [0.2, 0.25) is 0 Å². The third-order valence-corrected chi connectivity index (χ3v) is 10.3. The molecule has 52 heavy (non-hydrogen) atoms. The van der Waals surface area contributed by atoms with Gasteiger partial charge in [0.15, 0.2) is 5.58 Å². The van der Waals surface area contributed by atoms with Crippen LogP contribution < -0.4 is 0 Å². The molecule has 6 heteroatoms. The minimum Gasteiger partial charge on any atom is -0.452 e. The molecule has 0 unspecified atom stereocenters. The quantitative estimate of drug-likeness (QED) is 0.175. The first-order valence-corrected chi connectivity index (χ1v) is 17.3. The molecule has 11 rings (SSSR count). The Balaban J connectivity index is 1.09. The molecule has 0 aliphatic rings. The molecule has 0 saturated heterocycles. The van der Waals surface area contributed by atoms with Crippen molar-refractivity contribution < 1.29 is 8.81 Å². The molecule has 0 aliphatic heterocycles. The topological polar surface area (TPSA) is 48.8 Å². The molecule has 0 amide bonds. The number of rotatable bonds is 4. The number of nitrogens with zero attached hydrogens (tertiary/aromatic N) is 4. The van der Waals surface area contributed by atoms with Gasteiger partial charge in [0.05, 0.1) is 22.1 Å². The van der Waals surface area contributed by atoms with E-state index < -0.39 is 6.08 Å². The maximum absolute atomic E-state index is 14.9. The molecule has 0 atom stereocenters. The number of fused-ring (bicyclic) bond motifs is 9. The zero-order valence-corrected chi connectivity index (χ0v) is 27.7. The first-order chi connectivity index (χ1) is 25.7. The van der Waals surface area contributed by atoms with E-state index in [1.807, 2.05) is 48.5 Å². The van der Waals surface area contributed by atoms with Crippen molar-refractivity contribution in [3.8, 4) is 33.8 Å². The first-order valence-electron chi connectivity index (χ1n) is 17.3. The van der Waals surface area contributed by atoms with Gasteiger partial charge in [0, 0.05) is 43.9 Å². The molecule has 0 N–H and O–H groups in total. The van der Waals surface area contributed by atoms with Crippen LogP contribution in [0, 0.1) is 6.08 Å². The van der Waals surface area contributed by atoms with E-state index in [1.165, 1.54) is 21.8 Å². The standard InChI is InChI=1S/C46H27FN4O/c47-46-48-43(28-11-3-1-4-12-28)45-44(49-46)37-27-32(21-24-42(37)52-45)51-39-18-10-8-16-34(39)36-26-30(20-23-41(36)51)29-19-22-40-35(25-29)33-15-7-9-17-38(33)50(40)31-13-5-2-6-14-31/h1-27H. The summed E-state index contributed by atoms with van der Waals surface area (Å²) in [6, 6.07) is 56.7. The van der Waals surface area contributed by atoms with Crippen molar-refractivity contribution in [2.75, 3.05) is 0 Å². The highest BCUT2D eigenvalue weighted by Crippen LogP contribution is 2.40. The molecular formula is C46H27FN4O. The van der Waals surface area contributed by atoms with Crippen molar-refractivity contribution in [2.45, 2.75) is 0 Å². The van der Waals surface area contributed by atoms with Crippen molar-refractivity contribution >= 4 is 65.7 Å². The van der Waals surface area contributed by atoms with Crippen LogP contribution in [0.3, 0.4) is 0 Å². The van der Waals surface area contributed by atoms with Crippen LogP contribution in [0.25, 0.3) is 99.4 Å². The van der Waals surface area contributed by atoms with E-state index in [-0.39, 0.29) is 0 Å². The summed E-state index contributed by atoms with van der Waals surface area (Å²) in [5, 5.41) is 5.48. The second kappa shape index (κ2) is 11.0. The largest absolute Gasteiger partial charge is 0.452 e. The average molecular weight is 671 g/mol. The second-order valence-corrected chi connectivity index (χ2v) is 13.2. The maximum atomic E-state index is 14.9. The van der Waals surface area contributed by atoms with Crippen molar-refractivity contribution in [3.63, 3.8) is 0 Å². The lowest BCUT2D eigenvalue weighted by molar-refractivity contribution is 0.543. The van der Waals surface area contributed by atoms with E-state index in [2.05, 4.69) is 134 Å². The first kappa shape index (κ1) is 28.8. The van der Waals surface area contributed by atoms with Crippen molar-refractivity contribution in [3.05, 3.63) is 170 Å². The molecule has 11 aromatic rings. The van der Waals surface area contributed by atoms with Crippen LogP contribution in [-0.2, 0) is 0 Å². The number of hydrogen-bond donors (Lipinski definition) is 0. The van der Waals surface area contributed by atoms with Gasteiger partial charge in [-0.25, -0.2) is 0 Å². The van der Waals surface area contributed by atoms with Crippen LogP contribution in [0.15, 0.2) is 168 Å². The summed E-state index contributed by atoms with van der Waals surface area (Å²) < 4.78 is 25.8. The molecule has 0 aliphatic carbocycles. The van der Waals surface area contributed by atoms with Crippen LogP contribution >= 0.6 is 0 Å². The Morgan fingerprint density at radius 3 is 1.63 bits per heavy atom. The van der Waals surface area contributed by atoms with Gasteiger partial charge in [-0.1, -0.05) is 97.1 Å². The molecule has 244 valence electrons. The molecule has 4 heterocycles. The summed E-state index contributed by atoms with van der Waals surface area (Å²) in [4.78, 5) is 8.34. The van der Waals surface area contributed by atoms with E-state index in [4.69, 9.17) is 4.42 Å². The van der Waals surface area contributed by atoms with Crippen LogP contribution in [-0.4, -0.2) is 19.1 Å². The van der Waals surface area contributed by atoms with Gasteiger partial charge in [-0.15, -0.1) is 0 Å². The third kappa shape index (κ3) is 4.21. The number of aromatic nitrogens is 4. The van der Waals surface area contributed by atoms with Crippen molar-refractivity contribution in [2.24, 2.45) is 0 Å². The third-order valence-electron chi connectivity index (χ3n) is 10.3. The van der Waals surface area contributed by atoms with Gasteiger partial charge in [-0.3, -0.25) is 0 Å². The van der Waals surface area contributed by atoms with Crippen LogP contribution in [0.5, 0.6) is 0 Å². The highest BCUT2D eigenvalue weighted by molar-refractivity contribution is 6.13. The van der Waals surface area contributed by atoms with Crippen LogP contribution in [0.1, 0.15) is 0 Å². The number of hydrogen-bond acceptors (Lipinski definition) is 3. The Morgan fingerprint density at radius 2 is 0.981 bits per heavy atom. The minimum atomic E-state index is -0.785. The lowest BCUT2D eigenvalue weighted by Gasteiger charge is -2.09. The van der Waals surface area contributed by atoms with E-state index in [1.54, 1.807) is 0 Å². The van der Waals surface area contributed by atoms with Gasteiger partial charge in [0.1, 0.15) is 16.8 Å². The highest BCUT2D eigenvalue weighted by atomic mass is 19.1. The number of furan rings is 1. The lowest BCUT2D eigenvalue weighted by atomic mass is 10.0. The van der Waals surface area contributed by atoms with Gasteiger partial charge in [0.25, 0.3) is 0 Å². The summed E-state index contributed by atoms with van der Waals surface area (Å²) in [5.41, 5.74) is 11.7. The van der Waals surface area contributed by atoms with Gasteiger partial charge < -0.3 is 13.6 Å². The zero-order valence-electron chi connectivity index (χ0n) is 27.7. The molecule has 0 saturated carbocycles. The predicted octanol–water partition coefficient (Wildman–Crippen LogP) is 12.0. The number of benzene rings is 7. The smallest absolute Gasteiger partial charge is 0.309 e. The monoisotopic (exact) mass is 670 g/mol. The van der Waals surface area contributed by atoms with Crippen molar-refractivity contribution in [1.29, 1.82) is 0 Å². The SMILES string of the molecule is Fc1nc(-c2ccccc2)c2oc3ccc(-n4c5ccccc5c5cc(-c6ccc7c(c6)c6ccccc6n7-c6ccccc6)ccc54)cc3c2n1. The molecule has 0 bridgehead atoms. The second-order valence-electron chi connectivity index (χ2n) is 13.2. The van der Waals surface area contributed by atoms with Crippen molar-refractivity contribution in [1.82, 2.24) is 19.1 Å². The van der Waals surface area contributed by atoms with Crippen LogP contribution in [0.4, 0.5) is 4.39 Å². The average Bonchev–Trinajstić information content (AvgIpc) is 3.85. The molecule has 5 nitrogen and oxygen atoms in total. The summed E-state index contributed by atoms with van der Waals surface area (Å²) in [7, 11) is 0. The molecule has 7 aromatic carbocycles. The Morgan fingerprint density at radius 1 is 0.423 bits per heavy atom.